The fourth-order valence-electron chi connectivity index (χ4n) is 7.07. The van der Waals surface area contributed by atoms with Crippen molar-refractivity contribution in [2.24, 2.45) is 0 Å². The van der Waals surface area contributed by atoms with Crippen LogP contribution in [0.15, 0.2) is 193 Å². The largest absolute Gasteiger partial charge is 0.396 e. The quantitative estimate of drug-likeness (QED) is 0.0310. The molecule has 9 nitrogen and oxygen atoms in total. The second kappa shape index (κ2) is 51.0. The summed E-state index contributed by atoms with van der Waals surface area (Å²) in [5.74, 6) is 0. The molecule has 1 aliphatic heterocycles. The zero-order valence-electron chi connectivity index (χ0n) is 52.7. The minimum Gasteiger partial charge on any atom is -0.396 e. The van der Waals surface area contributed by atoms with E-state index in [-0.39, 0.29) is 137 Å². The summed E-state index contributed by atoms with van der Waals surface area (Å²) in [4.78, 5) is 4.10. The Morgan fingerprint density at radius 1 is 0.602 bits per heavy atom. The molecule has 4 unspecified atom stereocenters. The zero-order valence-corrected chi connectivity index (χ0v) is 69.0. The van der Waals surface area contributed by atoms with Crippen molar-refractivity contribution in [3.63, 3.8) is 0 Å². The molecule has 1 fully saturated rings. The van der Waals surface area contributed by atoms with Crippen LogP contribution in [0.4, 0.5) is 0 Å². The number of hydrogen-bond acceptors (Lipinski definition) is 9. The summed E-state index contributed by atoms with van der Waals surface area (Å²) in [5.41, 5.74) is 8.08. The van der Waals surface area contributed by atoms with Crippen molar-refractivity contribution in [1.29, 1.82) is 0 Å². The molecule has 1 heterocycles. The van der Waals surface area contributed by atoms with Gasteiger partial charge < -0.3 is 35.0 Å². The molecule has 0 aromatic heterocycles. The number of nitrogens with zero attached hydrogens (tertiary/aromatic N) is 2. The average molecular weight is 2090 g/mol. The van der Waals surface area contributed by atoms with Gasteiger partial charge in [0.1, 0.15) is 0 Å². The second-order valence-corrected chi connectivity index (χ2v) is 24.3. The van der Waals surface area contributed by atoms with Crippen molar-refractivity contribution < 1.29 is 139 Å². The van der Waals surface area contributed by atoms with E-state index in [0.717, 1.165) is 34.4 Å². The summed E-state index contributed by atoms with van der Waals surface area (Å²) in [5, 5.41) is 38.6. The second-order valence-electron chi connectivity index (χ2n) is 21.7. The van der Waals surface area contributed by atoms with E-state index in [1.807, 2.05) is 196 Å². The average Bonchev–Trinajstić information content (AvgIpc) is 4.22. The zero-order chi connectivity index (χ0) is 61.5. The number of benzene rings is 7. The monoisotopic (exact) mass is 2090 g/mol. The number of halogens is 1. The maximum atomic E-state index is 10.7. The normalized spacial score (nSPS) is 13.8. The van der Waals surface area contributed by atoms with Crippen molar-refractivity contribution >= 4 is 37.5 Å². The van der Waals surface area contributed by atoms with Gasteiger partial charge in [-0.2, -0.15) is 157 Å². The van der Waals surface area contributed by atoms with Gasteiger partial charge in [0.15, 0.2) is 0 Å². The van der Waals surface area contributed by atoms with Crippen LogP contribution < -0.4 is 5.46 Å². The predicted molar refractivity (Wildman–Crippen MR) is 354 cm³/mol. The number of aliphatic hydroxyl groups is 4. The molecular formula is C71H97BClN2O7SW5-5. The van der Waals surface area contributed by atoms with E-state index in [1.54, 1.807) is 43.3 Å². The van der Waals surface area contributed by atoms with Gasteiger partial charge in [0.25, 0.3) is 9.05 Å². The predicted octanol–water partition coefficient (Wildman–Crippen LogP) is 14.2. The molecular weight excluding hydrogens is 1990 g/mol. The Bertz CT molecular complexity index is 2940. The van der Waals surface area contributed by atoms with E-state index in [2.05, 4.69) is 76.2 Å². The Balaban J connectivity index is -0.000000171. The van der Waals surface area contributed by atoms with Crippen LogP contribution in [0.2, 0.25) is 13.6 Å². The van der Waals surface area contributed by atoms with Crippen LogP contribution in [0.3, 0.4) is 0 Å². The van der Waals surface area contributed by atoms with Crippen molar-refractivity contribution in [2.45, 2.75) is 118 Å². The van der Waals surface area contributed by atoms with E-state index in [1.165, 1.54) is 34.3 Å². The van der Waals surface area contributed by atoms with Crippen LogP contribution >= 0.6 is 10.7 Å². The summed E-state index contributed by atoms with van der Waals surface area (Å²) in [7, 11) is 9.35. The van der Waals surface area contributed by atoms with Crippen molar-refractivity contribution in [1.82, 2.24) is 9.80 Å². The topological polar surface area (TPSA) is 134 Å². The SMILES string of the molecule is C.C.C=C(C)C.C=C(C)c1c[c-]ccc1.CB(C)c1c[c-]ccc1.CC(O)(CO)c1c[c-]ccc1.CC1(c2c[c-]ccc2)CO1.CN(C)CC(C)(O)c1c[c-]ccc1.Cc1ccc(S(=O)(=O)Cl)cc1.Cc1cccc(C(C)(O)CN(C)C)c1.[W].[W].[W].[W].[W]. The number of aliphatic hydroxyl groups excluding tert-OH is 1. The van der Waals surface area contributed by atoms with Gasteiger partial charge in [0, 0.05) is 129 Å². The molecule has 0 saturated carbocycles. The summed E-state index contributed by atoms with van der Waals surface area (Å²) in [6.07, 6.45) is 0. The Morgan fingerprint density at radius 2 is 0.989 bits per heavy atom. The Kier molecular flexibility index (Phi) is 57.4. The first-order chi connectivity index (χ1) is 37.8. The van der Waals surface area contributed by atoms with Crippen molar-refractivity contribution in [3.8, 4) is 0 Å². The van der Waals surface area contributed by atoms with Crippen molar-refractivity contribution in [2.75, 3.05) is 54.5 Å². The van der Waals surface area contributed by atoms with E-state index in [0.29, 0.717) is 25.4 Å². The first-order valence-corrected chi connectivity index (χ1v) is 29.0. The molecule has 88 heavy (non-hydrogen) atoms. The van der Waals surface area contributed by atoms with Gasteiger partial charge >= 0.3 is 0 Å². The van der Waals surface area contributed by atoms with Crippen molar-refractivity contribution in [3.05, 3.63) is 258 Å². The molecule has 7 aromatic carbocycles. The Morgan fingerprint density at radius 3 is 1.28 bits per heavy atom. The molecule has 0 spiro atoms. The van der Waals surface area contributed by atoms with Gasteiger partial charge in [-0.05, 0) is 101 Å². The minimum absolute atomic E-state index is 0. The first-order valence-electron chi connectivity index (χ1n) is 26.7. The molecule has 1 saturated heterocycles. The number of ether oxygens (including phenoxy) is 1. The van der Waals surface area contributed by atoms with Gasteiger partial charge in [-0.3, -0.25) is 0 Å². The van der Waals surface area contributed by atoms with Gasteiger partial charge in [-0.15, -0.1) is 41.0 Å². The number of aryl methyl sites for hydroxylation is 2. The van der Waals surface area contributed by atoms with Crippen LogP contribution in [0.1, 0.15) is 102 Å². The molecule has 8 rings (SSSR count). The Hall–Kier alpha value is -2.51. The summed E-state index contributed by atoms with van der Waals surface area (Å²) >= 11 is 0. The molecule has 7 aromatic rings. The molecule has 4 atom stereocenters. The van der Waals surface area contributed by atoms with Crippen LogP contribution in [0.25, 0.3) is 5.57 Å². The number of epoxide rings is 1. The standard InChI is InChI=1S/C12H19NO.C11H16NO.C9H11O2.C9H9O.C9H9.C8H10B.C7H7ClO2S.C4H8.2CH4.5W/c1-10-6-5-7-11(8-10)12(2,14)9-13(3)4;1-11(13,9-12(2)3)10-7-5-4-6-8-10;1-9(11,7-10)8-5-3-2-4-6-8;1-9(7-10-9)8-5-3-2-4-6-8;1-8(2)9-6-4-3-5-7-9;1-9(2)8-6-4-3-5-7-8;1-6-2-4-7(5-3-6)11(8,9)10;1-4(2)3;;;;;;;/h5-8,14H,9H2,1-4H3;4-5,7-8,13H,9H2,1-3H3;2-3,5-6,10-11H,7H2,1H3;2-3,5-6H,7H2,1H3;3-4,6-7H,1H2,2H3;3-4,6-7H,1-2H3;2-5H,1H3;1H2,2-3H3;2*1H4;;;;;/q;5*-1;;;;;;;;;. The molecule has 0 amide bonds. The third kappa shape index (κ3) is 44.1. The maximum absolute atomic E-state index is 10.7. The molecule has 17 heteroatoms. The smallest absolute Gasteiger partial charge is 0.261 e. The van der Waals surface area contributed by atoms with E-state index < -0.39 is 25.9 Å². The summed E-state index contributed by atoms with van der Waals surface area (Å²) in [6, 6.07) is 67.5. The van der Waals surface area contributed by atoms with Crippen LogP contribution in [-0.2, 0) is 142 Å². The molecule has 0 radical (unpaired) electrons. The summed E-state index contributed by atoms with van der Waals surface area (Å²) < 4.78 is 26.7. The van der Waals surface area contributed by atoms with Crippen LogP contribution in [0, 0.1) is 44.2 Å². The first kappa shape index (κ1) is 99.1. The number of likely N-dealkylation sites (N-methyl/N-ethyl adjacent to an activating group) is 2. The fraction of sp³-hybridized carbons (Fsp3) is 0.352. The van der Waals surface area contributed by atoms with Gasteiger partial charge in [0.2, 0.25) is 0 Å². The van der Waals surface area contributed by atoms with Crippen LogP contribution in [0.5, 0.6) is 0 Å². The molecule has 0 bridgehead atoms. The van der Waals surface area contributed by atoms with E-state index in [4.69, 9.17) is 20.5 Å². The fourth-order valence-corrected chi connectivity index (χ4v) is 7.84. The molecule has 1 aliphatic rings. The van der Waals surface area contributed by atoms with Crippen LogP contribution in [-0.4, -0.2) is 99.9 Å². The van der Waals surface area contributed by atoms with E-state index >= 15 is 0 Å². The van der Waals surface area contributed by atoms with Gasteiger partial charge in [-0.1, -0.05) is 88.5 Å². The number of rotatable bonds is 12. The summed E-state index contributed by atoms with van der Waals surface area (Å²) in [6.45, 7) is 31.4. The van der Waals surface area contributed by atoms with Gasteiger partial charge in [0.05, 0.1) is 47.2 Å². The molecule has 4 N–H and O–H groups in total. The minimum atomic E-state index is -3.55. The van der Waals surface area contributed by atoms with Gasteiger partial charge in [-0.25, -0.2) is 8.42 Å². The number of hydrogen-bond donors (Lipinski definition) is 4. The molecule has 484 valence electrons. The Labute approximate surface area is 610 Å². The van der Waals surface area contributed by atoms with E-state index in [9.17, 15) is 23.7 Å². The third-order valence-corrected chi connectivity index (χ3v) is 13.0. The maximum Gasteiger partial charge on any atom is 0.261 e. The number of allylic oxidation sites excluding steroid dienone is 2. The molecule has 0 aliphatic carbocycles. The third-order valence-electron chi connectivity index (χ3n) is 11.6.